The van der Waals surface area contributed by atoms with Crippen LogP contribution in [-0.4, -0.2) is 31.3 Å². The second-order valence-corrected chi connectivity index (χ2v) is 5.25. The lowest BCUT2D eigenvalue weighted by Gasteiger charge is -2.30. The van der Waals surface area contributed by atoms with Crippen molar-refractivity contribution in [3.8, 4) is 0 Å². The minimum Gasteiger partial charge on any atom is -0.379 e. The van der Waals surface area contributed by atoms with Gasteiger partial charge in [0.15, 0.2) is 0 Å². The van der Waals surface area contributed by atoms with Crippen molar-refractivity contribution in [3.63, 3.8) is 0 Å². The van der Waals surface area contributed by atoms with Crippen molar-refractivity contribution in [2.75, 3.05) is 13.7 Å². The molecule has 0 saturated heterocycles. The van der Waals surface area contributed by atoms with E-state index in [2.05, 4.69) is 19.2 Å². The Balaban J connectivity index is 2.34. The van der Waals surface area contributed by atoms with Gasteiger partial charge in [-0.1, -0.05) is 12.8 Å². The molecule has 0 spiro atoms. The summed E-state index contributed by atoms with van der Waals surface area (Å²) in [4.78, 5) is 0. The van der Waals surface area contributed by atoms with Crippen molar-refractivity contribution in [2.24, 2.45) is 5.73 Å². The summed E-state index contributed by atoms with van der Waals surface area (Å²) in [5, 5.41) is 3.65. The number of hydrogen-bond acceptors (Lipinski definition) is 3. The molecule has 1 aliphatic rings. The molecular formula is C12H26N2O. The standard InChI is InChI=1S/C12H26N2O/c1-12(2,15-3)8-11(9-13)14-10-6-4-5-7-10/h10-11,14H,4-9,13H2,1-3H3. The Kier molecular flexibility index (Phi) is 5.03. The van der Waals surface area contributed by atoms with Crippen LogP contribution in [0.2, 0.25) is 0 Å². The third kappa shape index (κ3) is 4.49. The first kappa shape index (κ1) is 12.9. The van der Waals surface area contributed by atoms with Crippen LogP contribution in [-0.2, 0) is 4.74 Å². The fraction of sp³-hybridized carbons (Fsp3) is 1.00. The molecule has 3 nitrogen and oxygen atoms in total. The monoisotopic (exact) mass is 214 g/mol. The summed E-state index contributed by atoms with van der Waals surface area (Å²) in [7, 11) is 1.77. The number of nitrogens with one attached hydrogen (secondary N) is 1. The van der Waals surface area contributed by atoms with Crippen LogP contribution in [0, 0.1) is 0 Å². The molecule has 1 atom stereocenters. The summed E-state index contributed by atoms with van der Waals surface area (Å²) in [5.41, 5.74) is 5.72. The van der Waals surface area contributed by atoms with E-state index in [1.807, 2.05) is 0 Å². The number of nitrogens with two attached hydrogens (primary N) is 1. The summed E-state index contributed by atoms with van der Waals surface area (Å²) in [6.45, 7) is 4.93. The molecule has 1 rings (SSSR count). The minimum atomic E-state index is -0.0738. The molecule has 0 radical (unpaired) electrons. The molecule has 1 unspecified atom stereocenters. The molecule has 1 saturated carbocycles. The Morgan fingerprint density at radius 1 is 1.40 bits per heavy atom. The van der Waals surface area contributed by atoms with Gasteiger partial charge in [-0.2, -0.15) is 0 Å². The Hall–Kier alpha value is -0.120. The van der Waals surface area contributed by atoms with E-state index in [4.69, 9.17) is 10.5 Å². The first-order valence-corrected chi connectivity index (χ1v) is 6.08. The quantitative estimate of drug-likeness (QED) is 0.707. The maximum Gasteiger partial charge on any atom is 0.0638 e. The van der Waals surface area contributed by atoms with Crippen LogP contribution in [0.15, 0.2) is 0 Å². The molecule has 0 aromatic carbocycles. The summed E-state index contributed by atoms with van der Waals surface area (Å²) >= 11 is 0. The van der Waals surface area contributed by atoms with Crippen molar-refractivity contribution < 1.29 is 4.74 Å². The number of hydrogen-bond donors (Lipinski definition) is 2. The summed E-state index contributed by atoms with van der Waals surface area (Å²) < 4.78 is 5.44. The Bertz CT molecular complexity index is 176. The summed E-state index contributed by atoms with van der Waals surface area (Å²) in [5.74, 6) is 0. The number of ether oxygens (including phenoxy) is 1. The van der Waals surface area contributed by atoms with Crippen molar-refractivity contribution in [3.05, 3.63) is 0 Å². The highest BCUT2D eigenvalue weighted by molar-refractivity contribution is 4.84. The Morgan fingerprint density at radius 3 is 2.47 bits per heavy atom. The average Bonchev–Trinajstić information content (AvgIpc) is 2.69. The van der Waals surface area contributed by atoms with Crippen molar-refractivity contribution in [1.29, 1.82) is 0 Å². The van der Waals surface area contributed by atoms with Crippen LogP contribution in [0.5, 0.6) is 0 Å². The van der Waals surface area contributed by atoms with Crippen LogP contribution in [0.25, 0.3) is 0 Å². The maximum atomic E-state index is 5.79. The lowest BCUT2D eigenvalue weighted by molar-refractivity contribution is 0.00691. The zero-order valence-corrected chi connectivity index (χ0v) is 10.4. The predicted octanol–water partition coefficient (Wildman–Crippen LogP) is 1.66. The normalized spacial score (nSPS) is 20.8. The van der Waals surface area contributed by atoms with Crippen LogP contribution >= 0.6 is 0 Å². The molecule has 0 heterocycles. The van der Waals surface area contributed by atoms with E-state index >= 15 is 0 Å². The third-order valence-corrected chi connectivity index (χ3v) is 3.40. The van der Waals surface area contributed by atoms with E-state index < -0.39 is 0 Å². The highest BCUT2D eigenvalue weighted by atomic mass is 16.5. The smallest absolute Gasteiger partial charge is 0.0638 e. The molecule has 0 bridgehead atoms. The fourth-order valence-electron chi connectivity index (χ4n) is 2.31. The van der Waals surface area contributed by atoms with Crippen LogP contribution in [0.3, 0.4) is 0 Å². The van der Waals surface area contributed by atoms with E-state index in [0.717, 1.165) is 6.42 Å². The highest BCUT2D eigenvalue weighted by Crippen LogP contribution is 2.21. The Morgan fingerprint density at radius 2 is 2.00 bits per heavy atom. The topological polar surface area (TPSA) is 47.3 Å². The molecule has 0 amide bonds. The van der Waals surface area contributed by atoms with E-state index in [0.29, 0.717) is 18.6 Å². The lowest BCUT2D eigenvalue weighted by Crippen LogP contribution is -2.46. The molecule has 0 aromatic rings. The van der Waals surface area contributed by atoms with Crippen molar-refractivity contribution in [2.45, 2.75) is 63.6 Å². The van der Waals surface area contributed by atoms with Gasteiger partial charge in [0.2, 0.25) is 0 Å². The lowest BCUT2D eigenvalue weighted by atomic mass is 9.98. The third-order valence-electron chi connectivity index (χ3n) is 3.40. The summed E-state index contributed by atoms with van der Waals surface area (Å²) in [6, 6.07) is 1.08. The van der Waals surface area contributed by atoms with Crippen LogP contribution in [0.4, 0.5) is 0 Å². The van der Waals surface area contributed by atoms with Crippen molar-refractivity contribution in [1.82, 2.24) is 5.32 Å². The van der Waals surface area contributed by atoms with Crippen molar-refractivity contribution >= 4 is 0 Å². The van der Waals surface area contributed by atoms with Gasteiger partial charge in [0.05, 0.1) is 5.60 Å². The molecule has 3 heteroatoms. The fourth-order valence-corrected chi connectivity index (χ4v) is 2.31. The highest BCUT2D eigenvalue weighted by Gasteiger charge is 2.24. The summed E-state index contributed by atoms with van der Waals surface area (Å²) in [6.07, 6.45) is 6.33. The first-order chi connectivity index (χ1) is 7.07. The van der Waals surface area contributed by atoms with E-state index in [1.165, 1.54) is 25.7 Å². The largest absolute Gasteiger partial charge is 0.379 e. The zero-order valence-electron chi connectivity index (χ0n) is 10.4. The molecule has 0 aromatic heterocycles. The van der Waals surface area contributed by atoms with Gasteiger partial charge < -0.3 is 15.8 Å². The average molecular weight is 214 g/mol. The van der Waals surface area contributed by atoms with Gasteiger partial charge in [0.1, 0.15) is 0 Å². The number of rotatable bonds is 6. The molecule has 1 fully saturated rings. The van der Waals surface area contributed by atoms with E-state index in [-0.39, 0.29) is 5.60 Å². The van der Waals surface area contributed by atoms with Gasteiger partial charge in [-0.15, -0.1) is 0 Å². The van der Waals surface area contributed by atoms with Gasteiger partial charge in [-0.3, -0.25) is 0 Å². The molecule has 90 valence electrons. The van der Waals surface area contributed by atoms with Crippen LogP contribution in [0.1, 0.15) is 46.0 Å². The molecule has 1 aliphatic carbocycles. The Labute approximate surface area is 93.8 Å². The molecule has 15 heavy (non-hydrogen) atoms. The second-order valence-electron chi connectivity index (χ2n) is 5.25. The van der Waals surface area contributed by atoms with Gasteiger partial charge in [-0.25, -0.2) is 0 Å². The van der Waals surface area contributed by atoms with Gasteiger partial charge in [-0.05, 0) is 33.1 Å². The predicted molar refractivity (Wildman–Crippen MR) is 63.9 cm³/mol. The molecule has 3 N–H and O–H groups in total. The minimum absolute atomic E-state index is 0.0738. The maximum absolute atomic E-state index is 5.79. The van der Waals surface area contributed by atoms with Gasteiger partial charge >= 0.3 is 0 Å². The zero-order chi connectivity index (χ0) is 11.3. The first-order valence-electron chi connectivity index (χ1n) is 6.08. The van der Waals surface area contributed by atoms with Gasteiger partial charge in [0, 0.05) is 25.7 Å². The van der Waals surface area contributed by atoms with E-state index in [9.17, 15) is 0 Å². The van der Waals surface area contributed by atoms with Gasteiger partial charge in [0.25, 0.3) is 0 Å². The van der Waals surface area contributed by atoms with Crippen LogP contribution < -0.4 is 11.1 Å². The molecular weight excluding hydrogens is 188 g/mol. The SMILES string of the molecule is COC(C)(C)CC(CN)NC1CCCC1. The van der Waals surface area contributed by atoms with E-state index in [1.54, 1.807) is 7.11 Å². The second kappa shape index (κ2) is 5.83. The number of methoxy groups -OCH3 is 1. The molecule has 0 aliphatic heterocycles.